The van der Waals surface area contributed by atoms with Gasteiger partial charge in [0, 0.05) is 4.90 Å². The highest BCUT2D eigenvalue weighted by atomic mass is 32.2. The molecule has 0 N–H and O–H groups in total. The largest absolute Gasteiger partial charge is 0.287 e. The summed E-state index contributed by atoms with van der Waals surface area (Å²) < 4.78 is 0. The van der Waals surface area contributed by atoms with E-state index in [1.165, 1.54) is 11.3 Å². The van der Waals surface area contributed by atoms with Gasteiger partial charge in [0.1, 0.15) is 11.6 Å². The third kappa shape index (κ3) is 3.34. The molecule has 0 aliphatic heterocycles. The van der Waals surface area contributed by atoms with Gasteiger partial charge in [-0.25, -0.2) is 0 Å². The zero-order valence-corrected chi connectivity index (χ0v) is 11.9. The van der Waals surface area contributed by atoms with Crippen molar-refractivity contribution < 1.29 is 4.79 Å². The third-order valence-corrected chi connectivity index (χ3v) is 4.15. The maximum absolute atomic E-state index is 12.1. The summed E-state index contributed by atoms with van der Waals surface area (Å²) in [5, 5.41) is 10.9. The fraction of sp³-hybridized carbons (Fsp3) is 0.0667. The lowest BCUT2D eigenvalue weighted by Crippen LogP contribution is -1.98. The van der Waals surface area contributed by atoms with E-state index in [-0.39, 0.29) is 11.4 Å². The maximum atomic E-state index is 12.1. The van der Waals surface area contributed by atoms with E-state index in [2.05, 4.69) is 0 Å². The summed E-state index contributed by atoms with van der Waals surface area (Å²) in [5.41, 5.74) is 1.03. The van der Waals surface area contributed by atoms with Crippen LogP contribution in [0.15, 0.2) is 52.2 Å². The average Bonchev–Trinajstić information content (AvgIpc) is 2.99. The summed E-state index contributed by atoms with van der Waals surface area (Å²) in [4.78, 5) is 13.8. The van der Waals surface area contributed by atoms with Crippen molar-refractivity contribution in [3.8, 4) is 6.07 Å². The van der Waals surface area contributed by atoms with Crippen LogP contribution in [0, 0.1) is 11.3 Å². The van der Waals surface area contributed by atoms with Crippen LogP contribution in [0.2, 0.25) is 0 Å². The molecule has 0 saturated heterocycles. The van der Waals surface area contributed by atoms with E-state index in [4.69, 9.17) is 5.26 Å². The molecule has 0 atom stereocenters. The molecule has 2 rings (SSSR count). The van der Waals surface area contributed by atoms with Gasteiger partial charge in [-0.3, -0.25) is 4.79 Å². The summed E-state index contributed by atoms with van der Waals surface area (Å²) in [6, 6.07) is 13.3. The van der Waals surface area contributed by atoms with Crippen LogP contribution in [0.25, 0.3) is 6.08 Å². The van der Waals surface area contributed by atoms with Crippen molar-refractivity contribution in [1.82, 2.24) is 0 Å². The first-order chi connectivity index (χ1) is 9.24. The lowest BCUT2D eigenvalue weighted by atomic mass is 10.1. The molecule has 0 bridgehead atoms. The summed E-state index contributed by atoms with van der Waals surface area (Å²) in [6.07, 6.45) is 3.64. The second-order valence-electron chi connectivity index (χ2n) is 3.75. The number of carbonyl (C=O) groups excluding carboxylic acids is 1. The lowest BCUT2D eigenvalue weighted by Gasteiger charge is -1.99. The number of thioether (sulfide) groups is 1. The van der Waals surface area contributed by atoms with Crippen molar-refractivity contribution in [2.75, 3.05) is 6.26 Å². The van der Waals surface area contributed by atoms with Gasteiger partial charge < -0.3 is 0 Å². The van der Waals surface area contributed by atoms with E-state index in [0.717, 1.165) is 10.5 Å². The van der Waals surface area contributed by atoms with Crippen LogP contribution >= 0.6 is 23.1 Å². The van der Waals surface area contributed by atoms with Crippen molar-refractivity contribution in [1.29, 1.82) is 5.26 Å². The molecule has 0 aliphatic rings. The van der Waals surface area contributed by atoms with Crippen molar-refractivity contribution in [2.45, 2.75) is 4.90 Å². The van der Waals surface area contributed by atoms with Crippen molar-refractivity contribution in [2.24, 2.45) is 0 Å². The topological polar surface area (TPSA) is 40.9 Å². The molecule has 94 valence electrons. The minimum atomic E-state index is -0.216. The number of allylic oxidation sites excluding steroid dienone is 1. The van der Waals surface area contributed by atoms with E-state index in [0.29, 0.717) is 4.88 Å². The Morgan fingerprint density at radius 1 is 1.32 bits per heavy atom. The van der Waals surface area contributed by atoms with Crippen molar-refractivity contribution >= 4 is 35.0 Å². The first-order valence-corrected chi connectivity index (χ1v) is 7.69. The average molecular weight is 285 g/mol. The van der Waals surface area contributed by atoms with Gasteiger partial charge in [0.25, 0.3) is 0 Å². The van der Waals surface area contributed by atoms with E-state index in [1.807, 2.05) is 42.0 Å². The Labute approximate surface area is 120 Å². The molecular formula is C15H11NOS2. The number of Topliss-reactive ketones (excluding diaryl/α,β-unsaturated/α-hetero) is 1. The number of nitrogens with zero attached hydrogens (tertiary/aromatic N) is 1. The second kappa shape index (κ2) is 6.37. The fourth-order valence-electron chi connectivity index (χ4n) is 1.56. The predicted octanol–water partition coefficient (Wildman–Crippen LogP) is 4.26. The molecule has 1 heterocycles. The molecule has 0 saturated carbocycles. The van der Waals surface area contributed by atoms with Crippen molar-refractivity contribution in [3.05, 3.63) is 57.8 Å². The number of thiophene rings is 1. The van der Waals surface area contributed by atoms with Gasteiger partial charge in [-0.15, -0.1) is 23.1 Å². The van der Waals surface area contributed by atoms with Gasteiger partial charge in [-0.2, -0.15) is 5.26 Å². The Morgan fingerprint density at radius 3 is 2.58 bits per heavy atom. The second-order valence-corrected chi connectivity index (χ2v) is 5.58. The summed E-state index contributed by atoms with van der Waals surface area (Å²) in [6.45, 7) is 0. The van der Waals surface area contributed by atoms with Crippen LogP contribution in [0.5, 0.6) is 0 Å². The van der Waals surface area contributed by atoms with Crippen LogP contribution in [0.4, 0.5) is 0 Å². The molecule has 4 heteroatoms. The Hall–Kier alpha value is -1.83. The fourth-order valence-corrected chi connectivity index (χ4v) is 2.64. The molecule has 0 spiro atoms. The molecule has 19 heavy (non-hydrogen) atoms. The number of nitriles is 1. The quantitative estimate of drug-likeness (QED) is 0.365. The number of ketones is 1. The first-order valence-electron chi connectivity index (χ1n) is 5.58. The van der Waals surface area contributed by atoms with Crippen LogP contribution < -0.4 is 0 Å². The van der Waals surface area contributed by atoms with Gasteiger partial charge >= 0.3 is 0 Å². The Morgan fingerprint density at radius 2 is 2.05 bits per heavy atom. The first kappa shape index (κ1) is 13.6. The molecule has 0 amide bonds. The van der Waals surface area contributed by atoms with Gasteiger partial charge in [-0.1, -0.05) is 18.2 Å². The number of rotatable bonds is 4. The highest BCUT2D eigenvalue weighted by Gasteiger charge is 2.12. The molecule has 1 aromatic carbocycles. The van der Waals surface area contributed by atoms with Gasteiger partial charge in [-0.05, 0) is 41.5 Å². The third-order valence-electron chi connectivity index (χ3n) is 2.54. The maximum Gasteiger partial charge on any atom is 0.213 e. The smallest absolute Gasteiger partial charge is 0.213 e. The zero-order chi connectivity index (χ0) is 13.7. The minimum Gasteiger partial charge on any atom is -0.287 e. The summed E-state index contributed by atoms with van der Waals surface area (Å²) in [7, 11) is 0. The number of hydrogen-bond donors (Lipinski definition) is 0. The van der Waals surface area contributed by atoms with Crippen LogP contribution in [0.1, 0.15) is 15.2 Å². The molecule has 0 unspecified atom stereocenters. The van der Waals surface area contributed by atoms with Crippen LogP contribution in [-0.4, -0.2) is 12.0 Å². The Bertz CT molecular complexity index is 634. The highest BCUT2D eigenvalue weighted by Crippen LogP contribution is 2.19. The number of hydrogen-bond acceptors (Lipinski definition) is 4. The summed E-state index contributed by atoms with van der Waals surface area (Å²) >= 11 is 3.00. The SMILES string of the molecule is CSc1ccc(/C=C(\C#N)C(=O)c2cccs2)cc1. The molecule has 0 aliphatic carbocycles. The monoisotopic (exact) mass is 285 g/mol. The Balaban J connectivity index is 2.28. The van der Waals surface area contributed by atoms with Crippen molar-refractivity contribution in [3.63, 3.8) is 0 Å². The molecule has 0 radical (unpaired) electrons. The molecule has 2 nitrogen and oxygen atoms in total. The molecule has 0 fully saturated rings. The van der Waals surface area contributed by atoms with E-state index < -0.39 is 0 Å². The summed E-state index contributed by atoms with van der Waals surface area (Å²) in [5.74, 6) is -0.216. The van der Waals surface area contributed by atoms with Crippen LogP contribution in [-0.2, 0) is 0 Å². The normalized spacial score (nSPS) is 11.1. The van der Waals surface area contributed by atoms with Gasteiger partial charge in [0.2, 0.25) is 5.78 Å². The molecular weight excluding hydrogens is 274 g/mol. The minimum absolute atomic E-state index is 0.166. The van der Waals surface area contributed by atoms with Crippen LogP contribution in [0.3, 0.4) is 0 Å². The molecule has 2 aromatic rings. The number of carbonyl (C=O) groups is 1. The predicted molar refractivity (Wildman–Crippen MR) is 80.5 cm³/mol. The molecule has 1 aromatic heterocycles. The standard InChI is InChI=1S/C15H11NOS2/c1-18-13-6-4-11(5-7-13)9-12(10-16)15(17)14-3-2-8-19-14/h2-9H,1H3/b12-9+. The Kier molecular flexibility index (Phi) is 4.56. The van der Waals surface area contributed by atoms with Gasteiger partial charge in [0.15, 0.2) is 0 Å². The lowest BCUT2D eigenvalue weighted by molar-refractivity contribution is 0.104. The highest BCUT2D eigenvalue weighted by molar-refractivity contribution is 7.98. The number of benzene rings is 1. The van der Waals surface area contributed by atoms with Gasteiger partial charge in [0.05, 0.1) is 4.88 Å². The van der Waals surface area contributed by atoms with E-state index in [1.54, 1.807) is 30.0 Å². The van der Waals surface area contributed by atoms with E-state index in [9.17, 15) is 4.79 Å². The van der Waals surface area contributed by atoms with E-state index >= 15 is 0 Å². The zero-order valence-electron chi connectivity index (χ0n) is 10.3.